The monoisotopic (exact) mass is 263 g/mol. The number of rotatable bonds is 4. The third-order valence-electron chi connectivity index (χ3n) is 4.41. The lowest BCUT2D eigenvalue weighted by Crippen LogP contribution is -2.32. The third-order valence-corrected chi connectivity index (χ3v) is 4.41. The molecule has 1 atom stereocenters. The van der Waals surface area contributed by atoms with Crippen LogP contribution in [0.15, 0.2) is 12.4 Å². The van der Waals surface area contributed by atoms with Gasteiger partial charge in [0.2, 0.25) is 0 Å². The molecule has 1 saturated carbocycles. The van der Waals surface area contributed by atoms with Crippen LogP contribution in [0.3, 0.4) is 0 Å². The van der Waals surface area contributed by atoms with E-state index in [4.69, 9.17) is 4.74 Å². The van der Waals surface area contributed by atoms with Gasteiger partial charge < -0.3 is 10.1 Å². The minimum absolute atomic E-state index is 0.599. The van der Waals surface area contributed by atoms with Gasteiger partial charge in [0.05, 0.1) is 25.0 Å². The summed E-state index contributed by atoms with van der Waals surface area (Å²) in [4.78, 5) is 0. The maximum atomic E-state index is 5.89. The topological polar surface area (TPSA) is 39.1 Å². The van der Waals surface area contributed by atoms with Crippen LogP contribution in [-0.2, 0) is 0 Å². The van der Waals surface area contributed by atoms with Crippen molar-refractivity contribution in [3.05, 3.63) is 12.4 Å². The highest BCUT2D eigenvalue weighted by Crippen LogP contribution is 2.28. The van der Waals surface area contributed by atoms with Crippen LogP contribution in [0.25, 0.3) is 0 Å². The van der Waals surface area contributed by atoms with Crippen molar-refractivity contribution in [3.63, 3.8) is 0 Å². The van der Waals surface area contributed by atoms with Crippen LogP contribution in [0.2, 0.25) is 0 Å². The van der Waals surface area contributed by atoms with E-state index in [1.54, 1.807) is 0 Å². The fourth-order valence-corrected chi connectivity index (χ4v) is 3.22. The SMILES string of the molecule is c1nn(C2CCCCC2)cc1OCC1CCCNC1. The van der Waals surface area contributed by atoms with Crippen LogP contribution in [0, 0.1) is 5.92 Å². The lowest BCUT2D eigenvalue weighted by Gasteiger charge is -2.22. The lowest BCUT2D eigenvalue weighted by atomic mass is 9.96. The first kappa shape index (κ1) is 13.0. The molecule has 4 heteroatoms. The minimum atomic E-state index is 0.599. The van der Waals surface area contributed by atoms with Crippen LogP contribution in [0.5, 0.6) is 5.75 Å². The molecule has 1 aromatic heterocycles. The maximum absolute atomic E-state index is 5.89. The van der Waals surface area contributed by atoms with Crippen LogP contribution in [-0.4, -0.2) is 29.5 Å². The summed E-state index contributed by atoms with van der Waals surface area (Å²) in [5.41, 5.74) is 0. The smallest absolute Gasteiger partial charge is 0.157 e. The van der Waals surface area contributed by atoms with E-state index >= 15 is 0 Å². The molecule has 3 rings (SSSR count). The first-order valence-corrected chi connectivity index (χ1v) is 7.79. The quantitative estimate of drug-likeness (QED) is 0.908. The first-order chi connectivity index (χ1) is 9.42. The highest BCUT2D eigenvalue weighted by molar-refractivity contribution is 5.12. The Morgan fingerprint density at radius 2 is 2.11 bits per heavy atom. The summed E-state index contributed by atoms with van der Waals surface area (Å²) in [6.45, 7) is 3.08. The van der Waals surface area contributed by atoms with Gasteiger partial charge >= 0.3 is 0 Å². The Labute approximate surface area is 115 Å². The molecule has 1 aliphatic carbocycles. The van der Waals surface area contributed by atoms with Crippen molar-refractivity contribution in [2.75, 3.05) is 19.7 Å². The zero-order valence-electron chi connectivity index (χ0n) is 11.7. The Morgan fingerprint density at radius 1 is 1.21 bits per heavy atom. The molecule has 0 aromatic carbocycles. The largest absolute Gasteiger partial charge is 0.490 e. The number of nitrogens with zero attached hydrogens (tertiary/aromatic N) is 2. The van der Waals surface area contributed by atoms with Gasteiger partial charge in [-0.25, -0.2) is 0 Å². The van der Waals surface area contributed by atoms with Gasteiger partial charge in [-0.3, -0.25) is 4.68 Å². The van der Waals surface area contributed by atoms with Crippen molar-refractivity contribution >= 4 is 0 Å². The highest BCUT2D eigenvalue weighted by Gasteiger charge is 2.17. The molecule has 106 valence electrons. The van der Waals surface area contributed by atoms with Crippen molar-refractivity contribution in [2.45, 2.75) is 51.0 Å². The predicted molar refractivity (Wildman–Crippen MR) is 75.4 cm³/mol. The fraction of sp³-hybridized carbons (Fsp3) is 0.800. The zero-order valence-corrected chi connectivity index (χ0v) is 11.7. The molecule has 0 spiro atoms. The Hall–Kier alpha value is -1.03. The number of piperidine rings is 1. The predicted octanol–water partition coefficient (Wildman–Crippen LogP) is 2.77. The third kappa shape index (κ3) is 3.50. The molecule has 2 aliphatic rings. The van der Waals surface area contributed by atoms with Gasteiger partial charge in [-0.2, -0.15) is 5.10 Å². The summed E-state index contributed by atoms with van der Waals surface area (Å²) >= 11 is 0. The Morgan fingerprint density at radius 3 is 2.89 bits per heavy atom. The van der Waals surface area contributed by atoms with Gasteiger partial charge in [-0.1, -0.05) is 19.3 Å². The van der Waals surface area contributed by atoms with Crippen molar-refractivity contribution < 1.29 is 4.74 Å². The van der Waals surface area contributed by atoms with E-state index in [2.05, 4.69) is 21.3 Å². The van der Waals surface area contributed by atoms with Gasteiger partial charge in [-0.05, 0) is 32.2 Å². The molecule has 1 aromatic rings. The minimum Gasteiger partial charge on any atom is -0.490 e. The zero-order chi connectivity index (χ0) is 12.9. The van der Waals surface area contributed by atoms with Crippen LogP contribution < -0.4 is 10.1 Å². The standard InChI is InChI=1S/C15H25N3O/c1-2-6-14(7-3-1)18-11-15(10-17-18)19-12-13-5-4-8-16-9-13/h10-11,13-14,16H,1-9,12H2. The molecule has 2 fully saturated rings. The van der Waals surface area contributed by atoms with Crippen molar-refractivity contribution in [1.82, 2.24) is 15.1 Å². The first-order valence-electron chi connectivity index (χ1n) is 7.79. The van der Waals surface area contributed by atoms with E-state index < -0.39 is 0 Å². The maximum Gasteiger partial charge on any atom is 0.157 e. The lowest BCUT2D eigenvalue weighted by molar-refractivity contribution is 0.218. The molecule has 1 N–H and O–H groups in total. The van der Waals surface area contributed by atoms with E-state index in [0.29, 0.717) is 12.0 Å². The van der Waals surface area contributed by atoms with E-state index in [9.17, 15) is 0 Å². The second-order valence-electron chi connectivity index (χ2n) is 5.97. The summed E-state index contributed by atoms with van der Waals surface area (Å²) in [5.74, 6) is 1.60. The average molecular weight is 263 g/mol. The molecule has 2 heterocycles. The molecule has 0 radical (unpaired) electrons. The van der Waals surface area contributed by atoms with Gasteiger partial charge in [0.15, 0.2) is 5.75 Å². The average Bonchev–Trinajstić information content (AvgIpc) is 2.96. The van der Waals surface area contributed by atoms with Crippen molar-refractivity contribution in [3.8, 4) is 5.75 Å². The van der Waals surface area contributed by atoms with E-state index in [1.165, 1.54) is 44.9 Å². The van der Waals surface area contributed by atoms with Crippen LogP contribution >= 0.6 is 0 Å². The van der Waals surface area contributed by atoms with E-state index in [1.807, 2.05) is 6.20 Å². The number of hydrogen-bond acceptors (Lipinski definition) is 3. The van der Waals surface area contributed by atoms with Crippen LogP contribution in [0.4, 0.5) is 0 Å². The second kappa shape index (κ2) is 6.42. The molecular formula is C15H25N3O. The van der Waals surface area contributed by atoms with E-state index in [0.717, 1.165) is 25.4 Å². The van der Waals surface area contributed by atoms with Gasteiger partial charge in [0.1, 0.15) is 0 Å². The molecule has 1 unspecified atom stereocenters. The summed E-state index contributed by atoms with van der Waals surface area (Å²) < 4.78 is 8.01. The molecule has 1 saturated heterocycles. The van der Waals surface area contributed by atoms with Crippen molar-refractivity contribution in [2.24, 2.45) is 5.92 Å². The molecule has 19 heavy (non-hydrogen) atoms. The Bertz CT molecular complexity index is 378. The summed E-state index contributed by atoms with van der Waals surface area (Å²) in [6.07, 6.45) is 13.1. The van der Waals surface area contributed by atoms with Crippen LogP contribution in [0.1, 0.15) is 51.0 Å². The molecule has 0 amide bonds. The molecule has 4 nitrogen and oxygen atoms in total. The molecular weight excluding hydrogens is 238 g/mol. The number of nitrogens with one attached hydrogen (secondary N) is 1. The van der Waals surface area contributed by atoms with Gasteiger partial charge in [0, 0.05) is 12.5 Å². The number of ether oxygens (including phenoxy) is 1. The summed E-state index contributed by atoms with van der Waals surface area (Å²) in [7, 11) is 0. The summed E-state index contributed by atoms with van der Waals surface area (Å²) in [5, 5.41) is 7.91. The van der Waals surface area contributed by atoms with Crippen molar-refractivity contribution in [1.29, 1.82) is 0 Å². The Kier molecular flexibility index (Phi) is 4.38. The Balaban J connectivity index is 1.49. The highest BCUT2D eigenvalue weighted by atomic mass is 16.5. The van der Waals surface area contributed by atoms with Gasteiger partial charge in [0.25, 0.3) is 0 Å². The number of hydrogen-bond donors (Lipinski definition) is 1. The number of aromatic nitrogens is 2. The second-order valence-corrected chi connectivity index (χ2v) is 5.97. The fourth-order valence-electron chi connectivity index (χ4n) is 3.22. The molecule has 1 aliphatic heterocycles. The van der Waals surface area contributed by atoms with E-state index in [-0.39, 0.29) is 0 Å². The van der Waals surface area contributed by atoms with Gasteiger partial charge in [-0.15, -0.1) is 0 Å². The normalized spacial score (nSPS) is 25.4. The summed E-state index contributed by atoms with van der Waals surface area (Å²) in [6, 6.07) is 0.599. The molecule has 0 bridgehead atoms.